The third-order valence-electron chi connectivity index (χ3n) is 3.50. The van der Waals surface area contributed by atoms with Gasteiger partial charge in [0.15, 0.2) is 6.10 Å². The lowest BCUT2D eigenvalue weighted by Crippen LogP contribution is -2.37. The van der Waals surface area contributed by atoms with Crippen LogP contribution in [0, 0.1) is 0 Å². The SMILES string of the molecule is COc1ccc(O[C@H](C)C(=O)NCCSCc2ccccc2Cl)cc1. The van der Waals surface area contributed by atoms with Crippen LogP contribution in [0.4, 0.5) is 0 Å². The first-order valence-electron chi connectivity index (χ1n) is 7.99. The normalized spacial score (nSPS) is 11.6. The molecule has 0 unspecified atom stereocenters. The molecule has 1 amide bonds. The van der Waals surface area contributed by atoms with Gasteiger partial charge in [-0.15, -0.1) is 0 Å². The Bertz CT molecular complexity index is 679. The van der Waals surface area contributed by atoms with Crippen LogP contribution >= 0.6 is 23.4 Å². The van der Waals surface area contributed by atoms with E-state index in [-0.39, 0.29) is 5.91 Å². The molecule has 4 nitrogen and oxygen atoms in total. The molecule has 0 spiro atoms. The molecule has 134 valence electrons. The fraction of sp³-hybridized carbons (Fsp3) is 0.316. The summed E-state index contributed by atoms with van der Waals surface area (Å²) < 4.78 is 10.7. The first-order chi connectivity index (χ1) is 12.1. The molecule has 25 heavy (non-hydrogen) atoms. The number of hydrogen-bond acceptors (Lipinski definition) is 4. The number of methoxy groups -OCH3 is 1. The van der Waals surface area contributed by atoms with E-state index in [4.69, 9.17) is 21.1 Å². The highest BCUT2D eigenvalue weighted by atomic mass is 35.5. The summed E-state index contributed by atoms with van der Waals surface area (Å²) in [5.41, 5.74) is 1.11. The summed E-state index contributed by atoms with van der Waals surface area (Å²) >= 11 is 7.85. The molecule has 2 aromatic carbocycles. The third kappa shape index (κ3) is 6.52. The van der Waals surface area contributed by atoms with E-state index in [0.29, 0.717) is 12.3 Å². The molecule has 0 saturated carbocycles. The molecule has 2 aromatic rings. The lowest BCUT2D eigenvalue weighted by atomic mass is 10.2. The van der Waals surface area contributed by atoms with Gasteiger partial charge in [0, 0.05) is 23.1 Å². The Hall–Kier alpha value is -1.85. The Kier molecular flexibility index (Phi) is 7.95. The number of halogens is 1. The highest BCUT2D eigenvalue weighted by Crippen LogP contribution is 2.20. The van der Waals surface area contributed by atoms with Crippen molar-refractivity contribution < 1.29 is 14.3 Å². The van der Waals surface area contributed by atoms with Crippen LogP contribution < -0.4 is 14.8 Å². The van der Waals surface area contributed by atoms with Crippen LogP contribution in [0.3, 0.4) is 0 Å². The Morgan fingerprint density at radius 1 is 1.16 bits per heavy atom. The summed E-state index contributed by atoms with van der Waals surface area (Å²) in [5, 5.41) is 3.66. The summed E-state index contributed by atoms with van der Waals surface area (Å²) in [7, 11) is 1.61. The maximum Gasteiger partial charge on any atom is 0.260 e. The van der Waals surface area contributed by atoms with E-state index in [2.05, 4.69) is 5.32 Å². The van der Waals surface area contributed by atoms with Crippen molar-refractivity contribution in [1.82, 2.24) is 5.32 Å². The molecule has 0 fully saturated rings. The monoisotopic (exact) mass is 379 g/mol. The van der Waals surface area contributed by atoms with Crippen molar-refractivity contribution in [3.8, 4) is 11.5 Å². The third-order valence-corrected chi connectivity index (χ3v) is 4.88. The molecule has 0 aliphatic rings. The average Bonchev–Trinajstić information content (AvgIpc) is 2.63. The van der Waals surface area contributed by atoms with Gasteiger partial charge in [-0.05, 0) is 42.8 Å². The molecular weight excluding hydrogens is 358 g/mol. The predicted octanol–water partition coefficient (Wildman–Crippen LogP) is 4.17. The summed E-state index contributed by atoms with van der Waals surface area (Å²) in [5.74, 6) is 2.89. The minimum absolute atomic E-state index is 0.130. The van der Waals surface area contributed by atoms with Gasteiger partial charge in [-0.3, -0.25) is 4.79 Å². The zero-order valence-electron chi connectivity index (χ0n) is 14.3. The Morgan fingerprint density at radius 2 is 1.84 bits per heavy atom. The number of carbonyl (C=O) groups is 1. The number of amides is 1. The lowest BCUT2D eigenvalue weighted by Gasteiger charge is -2.15. The van der Waals surface area contributed by atoms with Crippen LogP contribution in [0.2, 0.25) is 5.02 Å². The second-order valence-electron chi connectivity index (χ2n) is 5.37. The quantitative estimate of drug-likeness (QED) is 0.664. The average molecular weight is 380 g/mol. The van der Waals surface area contributed by atoms with Crippen LogP contribution in [-0.4, -0.2) is 31.4 Å². The maximum atomic E-state index is 12.1. The molecular formula is C19H22ClNO3S. The molecule has 6 heteroatoms. The van der Waals surface area contributed by atoms with E-state index in [1.165, 1.54) is 0 Å². The van der Waals surface area contributed by atoms with Crippen LogP contribution in [0.25, 0.3) is 0 Å². The second-order valence-corrected chi connectivity index (χ2v) is 6.88. The number of carbonyl (C=O) groups excluding carboxylic acids is 1. The largest absolute Gasteiger partial charge is 0.497 e. The van der Waals surface area contributed by atoms with Gasteiger partial charge in [0.2, 0.25) is 0 Å². The summed E-state index contributed by atoms with van der Waals surface area (Å²) in [6.45, 7) is 2.32. The number of rotatable bonds is 9. The summed E-state index contributed by atoms with van der Waals surface area (Å²) in [6, 6.07) is 14.9. The fourth-order valence-electron chi connectivity index (χ4n) is 2.10. The number of ether oxygens (including phenoxy) is 2. The van der Waals surface area contributed by atoms with E-state index < -0.39 is 6.10 Å². The summed E-state index contributed by atoms with van der Waals surface area (Å²) in [6.07, 6.45) is -0.554. The second kappa shape index (κ2) is 10.2. The van der Waals surface area contributed by atoms with Gasteiger partial charge in [-0.2, -0.15) is 11.8 Å². The Balaban J connectivity index is 1.66. The molecule has 0 bridgehead atoms. The predicted molar refractivity (Wildman–Crippen MR) is 104 cm³/mol. The van der Waals surface area contributed by atoms with Crippen LogP contribution in [0.15, 0.2) is 48.5 Å². The minimum Gasteiger partial charge on any atom is -0.497 e. The molecule has 2 rings (SSSR count). The van der Waals surface area contributed by atoms with E-state index in [1.807, 2.05) is 24.3 Å². The van der Waals surface area contributed by atoms with Crippen LogP contribution in [-0.2, 0) is 10.5 Å². The topological polar surface area (TPSA) is 47.6 Å². The van der Waals surface area contributed by atoms with Crippen molar-refractivity contribution in [2.75, 3.05) is 19.4 Å². The molecule has 0 heterocycles. The Morgan fingerprint density at radius 3 is 2.52 bits per heavy atom. The van der Waals surface area contributed by atoms with Gasteiger partial charge in [0.05, 0.1) is 7.11 Å². The molecule has 1 N–H and O–H groups in total. The van der Waals surface area contributed by atoms with E-state index in [9.17, 15) is 4.79 Å². The van der Waals surface area contributed by atoms with Crippen molar-refractivity contribution >= 4 is 29.3 Å². The number of hydrogen-bond donors (Lipinski definition) is 1. The molecule has 0 saturated heterocycles. The van der Waals surface area contributed by atoms with Gasteiger partial charge in [-0.1, -0.05) is 29.8 Å². The first-order valence-corrected chi connectivity index (χ1v) is 9.53. The minimum atomic E-state index is -0.554. The zero-order valence-corrected chi connectivity index (χ0v) is 15.9. The maximum absolute atomic E-state index is 12.1. The van der Waals surface area contributed by atoms with Gasteiger partial charge >= 0.3 is 0 Å². The van der Waals surface area contributed by atoms with Gasteiger partial charge < -0.3 is 14.8 Å². The van der Waals surface area contributed by atoms with E-state index >= 15 is 0 Å². The smallest absolute Gasteiger partial charge is 0.260 e. The van der Waals surface area contributed by atoms with Crippen molar-refractivity contribution in [3.63, 3.8) is 0 Å². The number of benzene rings is 2. The molecule has 0 radical (unpaired) electrons. The van der Waals surface area contributed by atoms with Crippen molar-refractivity contribution in [3.05, 3.63) is 59.1 Å². The van der Waals surface area contributed by atoms with Crippen molar-refractivity contribution in [2.24, 2.45) is 0 Å². The molecule has 0 aromatic heterocycles. The highest BCUT2D eigenvalue weighted by Gasteiger charge is 2.14. The molecule has 0 aliphatic heterocycles. The van der Waals surface area contributed by atoms with E-state index in [1.54, 1.807) is 50.1 Å². The number of thioether (sulfide) groups is 1. The summed E-state index contributed by atoms with van der Waals surface area (Å²) in [4.78, 5) is 12.1. The fourth-order valence-corrected chi connectivity index (χ4v) is 3.24. The molecule has 0 aliphatic carbocycles. The zero-order chi connectivity index (χ0) is 18.1. The Labute approximate surface area is 157 Å². The standard InChI is InChI=1S/C19H22ClNO3S/c1-14(24-17-9-7-16(23-2)8-10-17)19(22)21-11-12-25-13-15-5-3-4-6-18(15)20/h3-10,14H,11-13H2,1-2H3,(H,21,22)/t14-/m1/s1. The van der Waals surface area contributed by atoms with E-state index in [0.717, 1.165) is 27.8 Å². The first kappa shape index (κ1) is 19.5. The van der Waals surface area contributed by atoms with Crippen LogP contribution in [0.5, 0.6) is 11.5 Å². The van der Waals surface area contributed by atoms with Gasteiger partial charge in [-0.25, -0.2) is 0 Å². The molecule has 1 atom stereocenters. The van der Waals surface area contributed by atoms with Crippen molar-refractivity contribution in [2.45, 2.75) is 18.8 Å². The van der Waals surface area contributed by atoms with Crippen LogP contribution in [0.1, 0.15) is 12.5 Å². The van der Waals surface area contributed by atoms with Gasteiger partial charge in [0.25, 0.3) is 5.91 Å². The lowest BCUT2D eigenvalue weighted by molar-refractivity contribution is -0.127. The number of nitrogens with one attached hydrogen (secondary N) is 1. The van der Waals surface area contributed by atoms with Crippen molar-refractivity contribution in [1.29, 1.82) is 0 Å². The van der Waals surface area contributed by atoms with Gasteiger partial charge in [0.1, 0.15) is 11.5 Å². The highest BCUT2D eigenvalue weighted by molar-refractivity contribution is 7.98.